The van der Waals surface area contributed by atoms with Gasteiger partial charge in [0.25, 0.3) is 0 Å². The van der Waals surface area contributed by atoms with Crippen LogP contribution in [0.2, 0.25) is 0 Å². The highest BCUT2D eigenvalue weighted by molar-refractivity contribution is 5.00. The third kappa shape index (κ3) is 28.5. The summed E-state index contributed by atoms with van der Waals surface area (Å²) in [5.74, 6) is 0. The molecule has 0 aromatic carbocycles. The first-order valence-electron chi connectivity index (χ1n) is 17.6. The minimum Gasteiger partial charge on any atom is -0.386 e. The van der Waals surface area contributed by atoms with E-state index in [4.69, 9.17) is 0 Å². The topological polar surface area (TPSA) is 20.2 Å². The monoisotopic (exact) mass is 521 g/mol. The molecule has 1 atom stereocenters. The van der Waals surface area contributed by atoms with Gasteiger partial charge in [0.15, 0.2) is 0 Å². The molecule has 0 aromatic rings. The summed E-state index contributed by atoms with van der Waals surface area (Å²) < 4.78 is 0. The van der Waals surface area contributed by atoms with Gasteiger partial charge in [-0.3, -0.25) is 0 Å². The molecule has 0 fully saturated rings. The Labute approximate surface area is 236 Å². The fraction of sp³-hybridized carbons (Fsp3) is 0.944. The number of aliphatic hydroxyl groups is 1. The van der Waals surface area contributed by atoms with Crippen molar-refractivity contribution in [3.63, 3.8) is 0 Å². The molecule has 0 heterocycles. The van der Waals surface area contributed by atoms with E-state index in [0.717, 1.165) is 25.7 Å². The Morgan fingerprint density at radius 3 is 1.03 bits per heavy atom. The maximum atomic E-state index is 11.3. The van der Waals surface area contributed by atoms with Crippen molar-refractivity contribution in [3.8, 4) is 0 Å². The maximum absolute atomic E-state index is 11.3. The quantitative estimate of drug-likeness (QED) is 0.0711. The third-order valence-electron chi connectivity index (χ3n) is 8.33. The maximum Gasteiger partial charge on any atom is 0.0827 e. The zero-order valence-electron chi connectivity index (χ0n) is 26.3. The van der Waals surface area contributed by atoms with Gasteiger partial charge in [0, 0.05) is 0 Å². The zero-order valence-corrected chi connectivity index (χ0v) is 26.3. The van der Waals surface area contributed by atoms with E-state index in [-0.39, 0.29) is 0 Å². The van der Waals surface area contributed by atoms with Crippen molar-refractivity contribution in [1.82, 2.24) is 0 Å². The van der Waals surface area contributed by atoms with E-state index in [1.165, 1.54) is 167 Å². The molecule has 1 nitrogen and oxygen atoms in total. The molecule has 0 saturated heterocycles. The Morgan fingerprint density at radius 2 is 0.649 bits per heavy atom. The van der Waals surface area contributed by atoms with E-state index in [9.17, 15) is 5.11 Å². The van der Waals surface area contributed by atoms with Gasteiger partial charge >= 0.3 is 0 Å². The van der Waals surface area contributed by atoms with E-state index < -0.39 is 5.60 Å². The molecule has 37 heavy (non-hydrogen) atoms. The second-order valence-corrected chi connectivity index (χ2v) is 12.3. The van der Waals surface area contributed by atoms with Gasteiger partial charge in [-0.25, -0.2) is 0 Å². The standard InChI is InChI=1S/C36H72O/c1-4-7-10-12-14-16-18-20-22-24-26-28-31-34-36(37,33-30-9-6-3)35-32-29-27-25-23-21-19-17-15-13-11-8-5-2/h31,34,37H,4-30,32-33,35H2,1-3H3. The lowest BCUT2D eigenvalue weighted by atomic mass is 9.89. The predicted molar refractivity (Wildman–Crippen MR) is 170 cm³/mol. The minimum absolute atomic E-state index is 0.551. The molecule has 0 bridgehead atoms. The average Bonchev–Trinajstić information content (AvgIpc) is 2.90. The van der Waals surface area contributed by atoms with Gasteiger partial charge in [0.2, 0.25) is 0 Å². The van der Waals surface area contributed by atoms with Crippen molar-refractivity contribution < 1.29 is 5.11 Å². The van der Waals surface area contributed by atoms with E-state index >= 15 is 0 Å². The smallest absolute Gasteiger partial charge is 0.0827 e. The van der Waals surface area contributed by atoms with Gasteiger partial charge in [-0.05, 0) is 25.7 Å². The molecular weight excluding hydrogens is 448 g/mol. The summed E-state index contributed by atoms with van der Waals surface area (Å²) >= 11 is 0. The summed E-state index contributed by atoms with van der Waals surface area (Å²) in [6.45, 7) is 6.85. The van der Waals surface area contributed by atoms with Crippen LogP contribution < -0.4 is 0 Å². The second-order valence-electron chi connectivity index (χ2n) is 12.3. The Hall–Kier alpha value is -0.300. The molecule has 0 aliphatic heterocycles. The summed E-state index contributed by atoms with van der Waals surface area (Å²) in [5.41, 5.74) is -0.551. The fourth-order valence-corrected chi connectivity index (χ4v) is 5.65. The van der Waals surface area contributed by atoms with Crippen LogP contribution in [0.5, 0.6) is 0 Å². The van der Waals surface area contributed by atoms with Gasteiger partial charge in [0.1, 0.15) is 0 Å². The summed E-state index contributed by atoms with van der Waals surface area (Å²) in [7, 11) is 0. The van der Waals surface area contributed by atoms with Crippen molar-refractivity contribution in [2.75, 3.05) is 0 Å². The highest BCUT2D eigenvalue weighted by Gasteiger charge is 2.22. The van der Waals surface area contributed by atoms with Gasteiger partial charge < -0.3 is 5.11 Å². The van der Waals surface area contributed by atoms with Crippen LogP contribution in [0.25, 0.3) is 0 Å². The minimum atomic E-state index is -0.551. The molecule has 0 saturated carbocycles. The molecule has 0 amide bonds. The van der Waals surface area contributed by atoms with Crippen LogP contribution in [0.15, 0.2) is 12.2 Å². The average molecular weight is 521 g/mol. The lowest BCUT2D eigenvalue weighted by Crippen LogP contribution is -2.25. The van der Waals surface area contributed by atoms with Gasteiger partial charge in [-0.15, -0.1) is 0 Å². The third-order valence-corrected chi connectivity index (χ3v) is 8.33. The molecule has 0 aromatic heterocycles. The molecule has 1 N–H and O–H groups in total. The Bertz CT molecular complexity index is 442. The van der Waals surface area contributed by atoms with Crippen molar-refractivity contribution in [2.24, 2.45) is 0 Å². The first-order valence-corrected chi connectivity index (χ1v) is 17.6. The molecule has 0 aliphatic carbocycles. The molecule has 0 spiro atoms. The SMILES string of the molecule is CCCCCCCCCCCCCC=CC(O)(CCCCC)CCCCCCCCCCCCCCC. The first kappa shape index (κ1) is 36.7. The number of allylic oxidation sites excluding steroid dienone is 1. The van der Waals surface area contributed by atoms with E-state index in [1.807, 2.05) is 0 Å². The van der Waals surface area contributed by atoms with Crippen molar-refractivity contribution >= 4 is 0 Å². The predicted octanol–water partition coefficient (Wildman–Crippen LogP) is 13.0. The van der Waals surface area contributed by atoms with Crippen molar-refractivity contribution in [3.05, 3.63) is 12.2 Å². The highest BCUT2D eigenvalue weighted by atomic mass is 16.3. The van der Waals surface area contributed by atoms with Crippen LogP contribution >= 0.6 is 0 Å². The van der Waals surface area contributed by atoms with Gasteiger partial charge in [-0.2, -0.15) is 0 Å². The Morgan fingerprint density at radius 1 is 0.378 bits per heavy atom. The molecule has 0 radical (unpaired) electrons. The second kappa shape index (κ2) is 30.2. The van der Waals surface area contributed by atoms with Crippen LogP contribution in [0.3, 0.4) is 0 Å². The lowest BCUT2D eigenvalue weighted by Gasteiger charge is -2.25. The summed E-state index contributed by atoms with van der Waals surface area (Å²) in [6.07, 6.45) is 44.6. The van der Waals surface area contributed by atoms with Crippen LogP contribution in [-0.2, 0) is 0 Å². The van der Waals surface area contributed by atoms with E-state index in [0.29, 0.717) is 0 Å². The summed E-state index contributed by atoms with van der Waals surface area (Å²) in [4.78, 5) is 0. The Balaban J connectivity index is 3.83. The zero-order chi connectivity index (χ0) is 27.1. The fourth-order valence-electron chi connectivity index (χ4n) is 5.65. The number of hydrogen-bond donors (Lipinski definition) is 1. The van der Waals surface area contributed by atoms with Crippen LogP contribution in [-0.4, -0.2) is 10.7 Å². The van der Waals surface area contributed by atoms with Crippen molar-refractivity contribution in [2.45, 2.75) is 219 Å². The highest BCUT2D eigenvalue weighted by Crippen LogP contribution is 2.25. The molecule has 0 rings (SSSR count). The largest absolute Gasteiger partial charge is 0.386 e. The lowest BCUT2D eigenvalue weighted by molar-refractivity contribution is 0.0661. The summed E-state index contributed by atoms with van der Waals surface area (Å²) in [6, 6.07) is 0. The summed E-state index contributed by atoms with van der Waals surface area (Å²) in [5, 5.41) is 11.3. The van der Waals surface area contributed by atoms with E-state index in [2.05, 4.69) is 32.9 Å². The molecule has 222 valence electrons. The molecular formula is C36H72O. The Kier molecular flexibility index (Phi) is 30.0. The van der Waals surface area contributed by atoms with Crippen molar-refractivity contribution in [1.29, 1.82) is 0 Å². The molecule has 0 aliphatic rings. The van der Waals surface area contributed by atoms with Crippen LogP contribution in [0, 0.1) is 0 Å². The van der Waals surface area contributed by atoms with Gasteiger partial charge in [0.05, 0.1) is 5.60 Å². The molecule has 1 heteroatoms. The number of hydrogen-bond acceptors (Lipinski definition) is 1. The van der Waals surface area contributed by atoms with Crippen LogP contribution in [0.4, 0.5) is 0 Å². The number of unbranched alkanes of at least 4 members (excludes halogenated alkanes) is 25. The van der Waals surface area contributed by atoms with Gasteiger partial charge in [-0.1, -0.05) is 200 Å². The number of rotatable bonds is 31. The first-order chi connectivity index (χ1) is 18.2. The molecule has 1 unspecified atom stereocenters. The normalized spacial score (nSPS) is 13.5. The van der Waals surface area contributed by atoms with E-state index in [1.54, 1.807) is 0 Å². The van der Waals surface area contributed by atoms with Crippen LogP contribution in [0.1, 0.15) is 213 Å².